The number of benzene rings is 3. The molecule has 0 amide bonds. The van der Waals surface area contributed by atoms with Crippen molar-refractivity contribution in [1.29, 1.82) is 0 Å². The highest BCUT2D eigenvalue weighted by Gasteiger charge is 2.26. The van der Waals surface area contributed by atoms with Crippen molar-refractivity contribution >= 4 is 0 Å². The molecular weight excluding hydrogens is 452 g/mol. The molecule has 1 heterocycles. The highest BCUT2D eigenvalue weighted by molar-refractivity contribution is 5.71. The van der Waals surface area contributed by atoms with Crippen molar-refractivity contribution < 1.29 is 22.3 Å². The van der Waals surface area contributed by atoms with Gasteiger partial charge in [-0.25, -0.2) is 17.6 Å². The zero-order valence-electron chi connectivity index (χ0n) is 19.7. The topological polar surface area (TPSA) is 9.23 Å². The van der Waals surface area contributed by atoms with E-state index in [0.717, 1.165) is 12.8 Å². The van der Waals surface area contributed by atoms with Crippen LogP contribution in [-0.2, 0) is 11.2 Å². The van der Waals surface area contributed by atoms with Crippen LogP contribution in [0.25, 0.3) is 22.3 Å². The molecule has 35 heavy (non-hydrogen) atoms. The summed E-state index contributed by atoms with van der Waals surface area (Å²) in [7, 11) is 0. The van der Waals surface area contributed by atoms with Crippen molar-refractivity contribution in [2.75, 3.05) is 6.61 Å². The molecule has 0 spiro atoms. The minimum atomic E-state index is -0.952. The summed E-state index contributed by atoms with van der Waals surface area (Å²) in [5, 5.41) is 0. The Labute approximate surface area is 203 Å². The van der Waals surface area contributed by atoms with Crippen LogP contribution in [0.4, 0.5) is 17.6 Å². The summed E-state index contributed by atoms with van der Waals surface area (Å²) >= 11 is 0. The van der Waals surface area contributed by atoms with Crippen LogP contribution in [-0.4, -0.2) is 6.61 Å². The van der Waals surface area contributed by atoms with Crippen LogP contribution in [0.15, 0.2) is 73.3 Å². The number of hydrogen-bond donors (Lipinski definition) is 0. The Morgan fingerprint density at radius 3 is 2.00 bits per heavy atom. The lowest BCUT2D eigenvalue weighted by atomic mass is 9.92. The summed E-state index contributed by atoms with van der Waals surface area (Å²) in [4.78, 5) is 0. The molecule has 4 rings (SSSR count). The van der Waals surface area contributed by atoms with E-state index in [0.29, 0.717) is 30.6 Å². The Kier molecular flexibility index (Phi) is 7.86. The molecule has 3 aromatic carbocycles. The molecule has 2 unspecified atom stereocenters. The molecule has 1 fully saturated rings. The Morgan fingerprint density at radius 1 is 0.800 bits per heavy atom. The molecular formula is C30H28F4O. The molecule has 1 aliphatic rings. The largest absolute Gasteiger partial charge is 0.373 e. The lowest BCUT2D eigenvalue weighted by Gasteiger charge is -2.28. The van der Waals surface area contributed by atoms with Crippen LogP contribution < -0.4 is 0 Å². The third-order valence-electron chi connectivity index (χ3n) is 6.51. The number of rotatable bonds is 7. The summed E-state index contributed by atoms with van der Waals surface area (Å²) < 4.78 is 64.9. The number of ether oxygens (including phenoxy) is 1. The molecule has 5 heteroatoms. The first-order valence-electron chi connectivity index (χ1n) is 11.9. The van der Waals surface area contributed by atoms with Crippen LogP contribution in [0.5, 0.6) is 0 Å². The summed E-state index contributed by atoms with van der Waals surface area (Å²) in [6, 6.07) is 12.5. The Balaban J connectivity index is 1.56. The number of hydrogen-bond acceptors (Lipinski definition) is 1. The van der Waals surface area contributed by atoms with E-state index in [-0.39, 0.29) is 28.2 Å². The van der Waals surface area contributed by atoms with Gasteiger partial charge in [0, 0.05) is 22.6 Å². The van der Waals surface area contributed by atoms with Crippen LogP contribution in [0.2, 0.25) is 0 Å². The first kappa shape index (κ1) is 24.9. The van der Waals surface area contributed by atoms with E-state index >= 15 is 0 Å². The van der Waals surface area contributed by atoms with Crippen LogP contribution in [0.1, 0.15) is 43.4 Å². The van der Waals surface area contributed by atoms with Gasteiger partial charge in [0.1, 0.15) is 0 Å². The van der Waals surface area contributed by atoms with Crippen molar-refractivity contribution in [3.8, 4) is 22.3 Å². The standard InChI is InChI=1S/C30H28F4O/c1-3-5-6-7-22-13-14-23(28(32)27(22)31)20-9-11-21(12-10-20)24-15-16-25(30(34)29(24)33)26-17-8-19(4-2)18-35-26/h4-6,9-16,19,26H,2-3,7-8,17-18H2,1H3/b6-5-. The fraction of sp³-hybridized carbons (Fsp3) is 0.267. The van der Waals surface area contributed by atoms with E-state index in [9.17, 15) is 17.6 Å². The average molecular weight is 481 g/mol. The van der Waals surface area contributed by atoms with Gasteiger partial charge in [0.15, 0.2) is 23.3 Å². The average Bonchev–Trinajstić information content (AvgIpc) is 2.89. The molecule has 0 aliphatic carbocycles. The fourth-order valence-corrected chi connectivity index (χ4v) is 4.42. The molecule has 3 aromatic rings. The zero-order chi connectivity index (χ0) is 24.9. The van der Waals surface area contributed by atoms with Gasteiger partial charge < -0.3 is 4.74 Å². The molecule has 182 valence electrons. The first-order chi connectivity index (χ1) is 16.9. The molecule has 1 nitrogen and oxygen atoms in total. The molecule has 0 radical (unpaired) electrons. The fourth-order valence-electron chi connectivity index (χ4n) is 4.42. The van der Waals surface area contributed by atoms with Gasteiger partial charge in [-0.1, -0.05) is 73.7 Å². The van der Waals surface area contributed by atoms with Gasteiger partial charge in [-0.05, 0) is 42.4 Å². The van der Waals surface area contributed by atoms with Gasteiger partial charge in [0.05, 0.1) is 12.7 Å². The smallest absolute Gasteiger partial charge is 0.167 e. The predicted octanol–water partition coefficient (Wildman–Crippen LogP) is 8.74. The van der Waals surface area contributed by atoms with E-state index in [1.54, 1.807) is 42.5 Å². The highest BCUT2D eigenvalue weighted by atomic mass is 19.2. The first-order valence-corrected chi connectivity index (χ1v) is 11.9. The summed E-state index contributed by atoms with van der Waals surface area (Å²) in [6.07, 6.45) is 7.59. The second kappa shape index (κ2) is 11.0. The lowest BCUT2D eigenvalue weighted by Crippen LogP contribution is -2.20. The monoisotopic (exact) mass is 480 g/mol. The Hall–Kier alpha value is -3.18. The number of halogens is 4. The minimum absolute atomic E-state index is 0.0993. The van der Waals surface area contributed by atoms with Gasteiger partial charge in [0.25, 0.3) is 0 Å². The van der Waals surface area contributed by atoms with Gasteiger partial charge in [-0.15, -0.1) is 6.58 Å². The minimum Gasteiger partial charge on any atom is -0.373 e. The van der Waals surface area contributed by atoms with E-state index in [4.69, 9.17) is 4.74 Å². The van der Waals surface area contributed by atoms with Crippen LogP contribution in [0, 0.1) is 29.2 Å². The SMILES string of the molecule is C=CC1CCC(c2ccc(-c3ccc(-c4ccc(C/C=C\CC)c(F)c4F)cc3)c(F)c2F)OC1. The van der Waals surface area contributed by atoms with Gasteiger partial charge in [-0.2, -0.15) is 0 Å². The zero-order valence-corrected chi connectivity index (χ0v) is 19.7. The Morgan fingerprint density at radius 2 is 1.43 bits per heavy atom. The van der Waals surface area contributed by atoms with Gasteiger partial charge in [0.2, 0.25) is 0 Å². The second-order valence-corrected chi connectivity index (χ2v) is 8.79. The quantitative estimate of drug-likeness (QED) is 0.243. The summed E-state index contributed by atoms with van der Waals surface area (Å²) in [5.74, 6) is -3.45. The van der Waals surface area contributed by atoms with Crippen molar-refractivity contribution in [3.05, 3.63) is 108 Å². The van der Waals surface area contributed by atoms with Crippen LogP contribution >= 0.6 is 0 Å². The molecule has 2 atom stereocenters. The number of allylic oxidation sites excluding steroid dienone is 2. The highest BCUT2D eigenvalue weighted by Crippen LogP contribution is 2.36. The maximum atomic E-state index is 15.0. The molecule has 0 saturated carbocycles. The van der Waals surface area contributed by atoms with Crippen molar-refractivity contribution in [1.82, 2.24) is 0 Å². The molecule has 0 aromatic heterocycles. The van der Waals surface area contributed by atoms with Crippen LogP contribution in [0.3, 0.4) is 0 Å². The summed E-state index contributed by atoms with van der Waals surface area (Å²) in [5.41, 5.74) is 1.60. The van der Waals surface area contributed by atoms with Crippen molar-refractivity contribution in [3.63, 3.8) is 0 Å². The van der Waals surface area contributed by atoms with E-state index < -0.39 is 29.4 Å². The maximum absolute atomic E-state index is 15.0. The summed E-state index contributed by atoms with van der Waals surface area (Å²) in [6.45, 7) is 6.16. The van der Waals surface area contributed by atoms with Gasteiger partial charge in [-0.3, -0.25) is 0 Å². The molecule has 1 saturated heterocycles. The molecule has 0 N–H and O–H groups in total. The van der Waals surface area contributed by atoms with E-state index in [1.807, 2.05) is 25.2 Å². The molecule has 0 bridgehead atoms. The normalized spacial score (nSPS) is 18.2. The third kappa shape index (κ3) is 5.25. The Bertz CT molecular complexity index is 1220. The second-order valence-electron chi connectivity index (χ2n) is 8.79. The molecule has 1 aliphatic heterocycles. The van der Waals surface area contributed by atoms with Crippen molar-refractivity contribution in [2.45, 2.75) is 38.7 Å². The third-order valence-corrected chi connectivity index (χ3v) is 6.51. The van der Waals surface area contributed by atoms with E-state index in [2.05, 4.69) is 6.58 Å². The predicted molar refractivity (Wildman–Crippen MR) is 132 cm³/mol. The lowest BCUT2D eigenvalue weighted by molar-refractivity contribution is -0.00732. The van der Waals surface area contributed by atoms with Crippen molar-refractivity contribution in [2.24, 2.45) is 5.92 Å². The van der Waals surface area contributed by atoms with Gasteiger partial charge >= 0.3 is 0 Å². The maximum Gasteiger partial charge on any atom is 0.167 e. The van der Waals surface area contributed by atoms with E-state index in [1.165, 1.54) is 6.07 Å².